The Hall–Kier alpha value is -2.01. The van der Waals surface area contributed by atoms with Crippen LogP contribution in [0.4, 0.5) is 11.4 Å². The van der Waals surface area contributed by atoms with Crippen LogP contribution in [-0.4, -0.2) is 19.0 Å². The lowest BCUT2D eigenvalue weighted by Crippen LogP contribution is -2.24. The summed E-state index contributed by atoms with van der Waals surface area (Å²) >= 11 is 1.74. The molecule has 20 heavy (non-hydrogen) atoms. The number of hydrogen-bond acceptors (Lipinski definition) is 4. The van der Waals surface area contributed by atoms with Gasteiger partial charge in [0, 0.05) is 29.3 Å². The maximum Gasteiger partial charge on any atom is 0.253 e. The Balaban J connectivity index is 2.05. The second-order valence-corrected chi connectivity index (χ2v) is 5.45. The Morgan fingerprint density at radius 3 is 2.90 bits per heavy atom. The average molecular weight is 289 g/mol. The fraction of sp³-hybridized carbons (Fsp3) is 0.267. The van der Waals surface area contributed by atoms with Crippen LogP contribution in [0.25, 0.3) is 0 Å². The summed E-state index contributed by atoms with van der Waals surface area (Å²) in [7, 11) is 0. The van der Waals surface area contributed by atoms with Crippen LogP contribution in [0.1, 0.15) is 22.2 Å². The van der Waals surface area contributed by atoms with Crippen LogP contribution in [0.15, 0.2) is 35.7 Å². The molecule has 1 aromatic heterocycles. The highest BCUT2D eigenvalue weighted by molar-refractivity contribution is 7.09. The molecule has 5 heteroatoms. The predicted molar refractivity (Wildman–Crippen MR) is 85.4 cm³/mol. The van der Waals surface area contributed by atoms with Gasteiger partial charge in [-0.05, 0) is 43.0 Å². The molecule has 0 radical (unpaired) electrons. The van der Waals surface area contributed by atoms with Gasteiger partial charge in [-0.25, -0.2) is 0 Å². The van der Waals surface area contributed by atoms with Crippen LogP contribution in [0.2, 0.25) is 0 Å². The first kappa shape index (κ1) is 14.4. The van der Waals surface area contributed by atoms with Gasteiger partial charge >= 0.3 is 0 Å². The SMILES string of the molecule is CCNC(=O)c1ccc(N)cc1NCCc1cccs1. The summed E-state index contributed by atoms with van der Waals surface area (Å²) in [5, 5.41) is 8.17. The molecule has 0 aliphatic heterocycles. The minimum Gasteiger partial charge on any atom is -0.399 e. The molecule has 0 aliphatic carbocycles. The maximum absolute atomic E-state index is 12.0. The van der Waals surface area contributed by atoms with Crippen LogP contribution in [-0.2, 0) is 6.42 Å². The highest BCUT2D eigenvalue weighted by atomic mass is 32.1. The molecule has 0 aliphatic rings. The van der Waals surface area contributed by atoms with Crippen LogP contribution >= 0.6 is 11.3 Å². The van der Waals surface area contributed by atoms with Crippen molar-refractivity contribution in [2.24, 2.45) is 0 Å². The molecule has 0 bridgehead atoms. The molecule has 0 fully saturated rings. The van der Waals surface area contributed by atoms with Gasteiger partial charge < -0.3 is 16.4 Å². The summed E-state index contributed by atoms with van der Waals surface area (Å²) in [4.78, 5) is 13.3. The lowest BCUT2D eigenvalue weighted by molar-refractivity contribution is 0.0956. The Kier molecular flexibility index (Phi) is 5.01. The molecule has 0 spiro atoms. The Bertz CT molecular complexity index is 567. The fourth-order valence-electron chi connectivity index (χ4n) is 1.94. The summed E-state index contributed by atoms with van der Waals surface area (Å²) in [6, 6.07) is 9.46. The van der Waals surface area contributed by atoms with Crippen molar-refractivity contribution in [3.8, 4) is 0 Å². The lowest BCUT2D eigenvalue weighted by atomic mass is 10.1. The first-order valence-electron chi connectivity index (χ1n) is 6.64. The number of carbonyl (C=O) groups is 1. The fourth-order valence-corrected chi connectivity index (χ4v) is 2.65. The van der Waals surface area contributed by atoms with Crippen molar-refractivity contribution < 1.29 is 4.79 Å². The minimum absolute atomic E-state index is 0.0777. The molecule has 1 aromatic carbocycles. The molecule has 2 aromatic rings. The number of hydrogen-bond donors (Lipinski definition) is 3. The van der Waals surface area contributed by atoms with Gasteiger partial charge in [-0.15, -0.1) is 11.3 Å². The number of anilines is 2. The van der Waals surface area contributed by atoms with Gasteiger partial charge in [-0.1, -0.05) is 6.07 Å². The second kappa shape index (κ2) is 6.96. The van der Waals surface area contributed by atoms with Crippen molar-refractivity contribution in [2.75, 3.05) is 24.1 Å². The number of rotatable bonds is 6. The Morgan fingerprint density at radius 1 is 1.35 bits per heavy atom. The number of nitrogen functional groups attached to an aromatic ring is 1. The number of thiophene rings is 1. The lowest BCUT2D eigenvalue weighted by Gasteiger charge is -2.12. The third-order valence-corrected chi connectivity index (χ3v) is 3.83. The summed E-state index contributed by atoms with van der Waals surface area (Å²) in [6.45, 7) is 3.29. The van der Waals surface area contributed by atoms with E-state index in [2.05, 4.69) is 22.1 Å². The van der Waals surface area contributed by atoms with Crippen molar-refractivity contribution in [1.82, 2.24) is 5.32 Å². The predicted octanol–water partition coefficient (Wildman–Crippen LogP) is 2.73. The first-order chi connectivity index (χ1) is 9.70. The Labute approximate surface area is 123 Å². The number of amides is 1. The van der Waals surface area contributed by atoms with E-state index in [1.807, 2.05) is 13.0 Å². The highest BCUT2D eigenvalue weighted by Gasteiger charge is 2.10. The molecule has 1 heterocycles. The zero-order valence-corrected chi connectivity index (χ0v) is 12.3. The van der Waals surface area contributed by atoms with E-state index in [1.54, 1.807) is 29.5 Å². The number of carbonyl (C=O) groups excluding carboxylic acids is 1. The zero-order valence-electron chi connectivity index (χ0n) is 11.5. The van der Waals surface area contributed by atoms with Gasteiger partial charge in [-0.3, -0.25) is 4.79 Å². The topological polar surface area (TPSA) is 67.2 Å². The van der Waals surface area contributed by atoms with Crippen molar-refractivity contribution >= 4 is 28.6 Å². The van der Waals surface area contributed by atoms with E-state index in [-0.39, 0.29) is 5.91 Å². The van der Waals surface area contributed by atoms with Gasteiger partial charge in [0.1, 0.15) is 0 Å². The Morgan fingerprint density at radius 2 is 2.20 bits per heavy atom. The average Bonchev–Trinajstić information content (AvgIpc) is 2.92. The van der Waals surface area contributed by atoms with Gasteiger partial charge in [0.05, 0.1) is 5.56 Å². The molecule has 1 amide bonds. The van der Waals surface area contributed by atoms with Crippen LogP contribution in [0.3, 0.4) is 0 Å². The molecule has 0 saturated heterocycles. The molecule has 0 atom stereocenters. The van der Waals surface area contributed by atoms with Crippen molar-refractivity contribution in [2.45, 2.75) is 13.3 Å². The van der Waals surface area contributed by atoms with Crippen LogP contribution in [0, 0.1) is 0 Å². The number of nitrogens with two attached hydrogens (primary N) is 1. The quantitative estimate of drug-likeness (QED) is 0.716. The van der Waals surface area contributed by atoms with E-state index in [0.29, 0.717) is 17.8 Å². The van der Waals surface area contributed by atoms with Gasteiger partial charge in [0.15, 0.2) is 0 Å². The third-order valence-electron chi connectivity index (χ3n) is 2.89. The van der Waals surface area contributed by atoms with Gasteiger partial charge in [0.25, 0.3) is 5.91 Å². The molecule has 4 N–H and O–H groups in total. The summed E-state index contributed by atoms with van der Waals surface area (Å²) in [5.74, 6) is -0.0777. The minimum atomic E-state index is -0.0777. The normalized spacial score (nSPS) is 10.2. The largest absolute Gasteiger partial charge is 0.399 e. The summed E-state index contributed by atoms with van der Waals surface area (Å²) < 4.78 is 0. The van der Waals surface area contributed by atoms with Crippen molar-refractivity contribution in [3.63, 3.8) is 0 Å². The molecular formula is C15H19N3OS. The molecule has 0 saturated carbocycles. The van der Waals surface area contributed by atoms with Crippen LogP contribution in [0.5, 0.6) is 0 Å². The van der Waals surface area contributed by atoms with Crippen molar-refractivity contribution in [3.05, 3.63) is 46.2 Å². The van der Waals surface area contributed by atoms with E-state index in [1.165, 1.54) is 4.88 Å². The molecule has 4 nitrogen and oxygen atoms in total. The standard InChI is InChI=1S/C15H19N3OS/c1-2-17-15(19)13-6-5-11(16)10-14(13)18-8-7-12-4-3-9-20-12/h3-6,9-10,18H,2,7-8,16H2,1H3,(H,17,19). The van der Waals surface area contributed by atoms with E-state index >= 15 is 0 Å². The first-order valence-corrected chi connectivity index (χ1v) is 7.52. The zero-order chi connectivity index (χ0) is 14.4. The van der Waals surface area contributed by atoms with Crippen molar-refractivity contribution in [1.29, 1.82) is 0 Å². The molecule has 0 unspecified atom stereocenters. The molecule has 2 rings (SSSR count). The highest BCUT2D eigenvalue weighted by Crippen LogP contribution is 2.19. The maximum atomic E-state index is 12.0. The van der Waals surface area contributed by atoms with Crippen LogP contribution < -0.4 is 16.4 Å². The second-order valence-electron chi connectivity index (χ2n) is 4.42. The van der Waals surface area contributed by atoms with Gasteiger partial charge in [0.2, 0.25) is 0 Å². The van der Waals surface area contributed by atoms with Gasteiger partial charge in [-0.2, -0.15) is 0 Å². The smallest absolute Gasteiger partial charge is 0.253 e. The molecule has 106 valence electrons. The van der Waals surface area contributed by atoms with E-state index < -0.39 is 0 Å². The molecular weight excluding hydrogens is 270 g/mol. The summed E-state index contributed by atoms with van der Waals surface area (Å²) in [5.41, 5.74) is 7.86. The van der Waals surface area contributed by atoms with E-state index in [4.69, 9.17) is 5.73 Å². The van der Waals surface area contributed by atoms with E-state index in [9.17, 15) is 4.79 Å². The monoisotopic (exact) mass is 289 g/mol. The van der Waals surface area contributed by atoms with E-state index in [0.717, 1.165) is 18.7 Å². The number of benzene rings is 1. The summed E-state index contributed by atoms with van der Waals surface area (Å²) in [6.07, 6.45) is 0.932. The third kappa shape index (κ3) is 3.74. The number of nitrogens with one attached hydrogen (secondary N) is 2.